The van der Waals surface area contributed by atoms with E-state index >= 15 is 0 Å². The summed E-state index contributed by atoms with van der Waals surface area (Å²) in [4.78, 5) is 14.0. The summed E-state index contributed by atoms with van der Waals surface area (Å²) in [6.45, 7) is 6.22. The first-order valence-corrected chi connectivity index (χ1v) is 16.1. The van der Waals surface area contributed by atoms with Crippen molar-refractivity contribution in [1.82, 2.24) is 0 Å². The highest BCUT2D eigenvalue weighted by Gasteiger charge is 2.42. The van der Waals surface area contributed by atoms with E-state index in [4.69, 9.17) is 9.47 Å². The maximum Gasteiger partial charge on any atom is 0.139 e. The molecule has 3 heteroatoms. The summed E-state index contributed by atoms with van der Waals surface area (Å²) in [6, 6.07) is 0. The number of unbranched alkanes of at least 4 members (excludes halogenated alkanes) is 12. The highest BCUT2D eigenvalue weighted by molar-refractivity contribution is 5.85. The van der Waals surface area contributed by atoms with E-state index in [-0.39, 0.29) is 17.6 Å². The van der Waals surface area contributed by atoms with Gasteiger partial charge < -0.3 is 9.47 Å². The van der Waals surface area contributed by atoms with Crippen LogP contribution in [0.5, 0.6) is 0 Å². The predicted octanol–water partition coefficient (Wildman–Crippen LogP) is 9.91. The number of rotatable bonds is 23. The topological polar surface area (TPSA) is 35.5 Å². The Bertz CT molecular complexity index is 539. The Labute approximate surface area is 224 Å². The lowest BCUT2D eigenvalue weighted by molar-refractivity contribution is -0.134. The second kappa shape index (κ2) is 20.3. The van der Waals surface area contributed by atoms with E-state index in [9.17, 15) is 4.79 Å². The van der Waals surface area contributed by atoms with Crippen LogP contribution in [0.1, 0.15) is 162 Å². The highest BCUT2D eigenvalue weighted by Crippen LogP contribution is 2.43. The normalized spacial score (nSPS) is 21.9. The van der Waals surface area contributed by atoms with Crippen LogP contribution in [0.2, 0.25) is 0 Å². The van der Waals surface area contributed by atoms with Crippen LogP contribution in [0.3, 0.4) is 0 Å². The molecular formula is C33H60O3. The molecule has 0 N–H and O–H groups in total. The van der Waals surface area contributed by atoms with Crippen LogP contribution in [0.25, 0.3) is 0 Å². The molecule has 0 aromatic heterocycles. The molecule has 0 aromatic carbocycles. The molecule has 0 aromatic rings. The van der Waals surface area contributed by atoms with E-state index in [1.165, 1.54) is 83.5 Å². The highest BCUT2D eigenvalue weighted by atomic mass is 16.5. The van der Waals surface area contributed by atoms with Gasteiger partial charge in [-0.3, -0.25) is 4.79 Å². The summed E-state index contributed by atoms with van der Waals surface area (Å²) >= 11 is 0. The molecule has 0 radical (unpaired) electrons. The first-order chi connectivity index (χ1) is 17.7. The second-order valence-electron chi connectivity index (χ2n) is 11.8. The largest absolute Gasteiger partial charge is 0.378 e. The van der Waals surface area contributed by atoms with Crippen molar-refractivity contribution in [3.63, 3.8) is 0 Å². The van der Waals surface area contributed by atoms with Crippen molar-refractivity contribution in [1.29, 1.82) is 0 Å². The molecule has 3 nitrogen and oxygen atoms in total. The van der Waals surface area contributed by atoms with E-state index in [1.54, 1.807) is 0 Å². The van der Waals surface area contributed by atoms with Crippen molar-refractivity contribution in [2.75, 3.05) is 13.2 Å². The van der Waals surface area contributed by atoms with Crippen LogP contribution in [-0.4, -0.2) is 31.2 Å². The minimum absolute atomic E-state index is 0.230. The fraction of sp³-hybridized carbons (Fsp3) is 0.909. The molecule has 210 valence electrons. The summed E-state index contributed by atoms with van der Waals surface area (Å²) in [7, 11) is 0. The van der Waals surface area contributed by atoms with Gasteiger partial charge in [-0.15, -0.1) is 0 Å². The Morgan fingerprint density at radius 3 is 1.83 bits per heavy atom. The van der Waals surface area contributed by atoms with Crippen molar-refractivity contribution >= 4 is 5.78 Å². The smallest absolute Gasteiger partial charge is 0.139 e. The second-order valence-corrected chi connectivity index (χ2v) is 11.8. The Balaban J connectivity index is 1.87. The van der Waals surface area contributed by atoms with Gasteiger partial charge in [-0.2, -0.15) is 0 Å². The maximum atomic E-state index is 14.0. The molecule has 0 aliphatic carbocycles. The number of ketones is 1. The molecule has 0 bridgehead atoms. The third kappa shape index (κ3) is 13.2. The molecule has 2 rings (SSSR count). The number of carbonyl (C=O) groups excluding carboxylic acids is 1. The van der Waals surface area contributed by atoms with E-state index < -0.39 is 0 Å². The Morgan fingerprint density at radius 2 is 1.28 bits per heavy atom. The number of hydrogen-bond acceptors (Lipinski definition) is 3. The van der Waals surface area contributed by atoms with Crippen molar-refractivity contribution in [2.45, 2.75) is 174 Å². The zero-order chi connectivity index (χ0) is 25.7. The fourth-order valence-corrected chi connectivity index (χ4v) is 6.36. The van der Waals surface area contributed by atoms with Gasteiger partial charge in [-0.05, 0) is 70.6 Å². The third-order valence-corrected chi connectivity index (χ3v) is 8.56. The van der Waals surface area contributed by atoms with Crippen LogP contribution in [0.4, 0.5) is 0 Å². The van der Waals surface area contributed by atoms with Crippen molar-refractivity contribution in [2.24, 2.45) is 5.41 Å². The Hall–Kier alpha value is -0.670. The van der Waals surface area contributed by atoms with Gasteiger partial charge in [0.1, 0.15) is 5.78 Å². The zero-order valence-electron chi connectivity index (χ0n) is 24.2. The lowest BCUT2D eigenvalue weighted by Crippen LogP contribution is -2.38. The van der Waals surface area contributed by atoms with Gasteiger partial charge in [0.2, 0.25) is 0 Å². The SMILES string of the molecule is CC/C=C/CCCCCCC(CC1CCCO1)(CC1CCCO1)C(=O)CCCCCCCCCCC. The number of hydrogen-bond donors (Lipinski definition) is 0. The summed E-state index contributed by atoms with van der Waals surface area (Å²) < 4.78 is 12.2. The molecule has 2 aliphatic heterocycles. The molecule has 2 fully saturated rings. The quantitative estimate of drug-likeness (QED) is 0.103. The first-order valence-electron chi connectivity index (χ1n) is 16.1. The van der Waals surface area contributed by atoms with E-state index in [2.05, 4.69) is 26.0 Å². The molecule has 0 amide bonds. The van der Waals surface area contributed by atoms with Crippen LogP contribution < -0.4 is 0 Å². The lowest BCUT2D eigenvalue weighted by Gasteiger charge is -2.36. The molecule has 2 aliphatic rings. The van der Waals surface area contributed by atoms with Gasteiger partial charge in [-0.1, -0.05) is 96.6 Å². The Morgan fingerprint density at radius 1 is 0.722 bits per heavy atom. The summed E-state index contributed by atoms with van der Waals surface area (Å²) in [5.41, 5.74) is -0.230. The molecule has 2 unspecified atom stereocenters. The van der Waals surface area contributed by atoms with Gasteiger partial charge in [-0.25, -0.2) is 0 Å². The fourth-order valence-electron chi connectivity index (χ4n) is 6.36. The summed E-state index contributed by atoms with van der Waals surface area (Å²) in [5.74, 6) is 0.530. The first kappa shape index (κ1) is 31.5. The molecule has 2 atom stereocenters. The average molecular weight is 505 g/mol. The number of carbonyl (C=O) groups is 1. The van der Waals surface area contributed by atoms with E-state index in [0.29, 0.717) is 5.78 Å². The molecule has 36 heavy (non-hydrogen) atoms. The lowest BCUT2D eigenvalue weighted by atomic mass is 9.68. The molecule has 2 saturated heterocycles. The van der Waals surface area contributed by atoms with Crippen molar-refractivity contribution in [3.8, 4) is 0 Å². The minimum atomic E-state index is -0.230. The number of Topliss-reactive ketones (excluding diaryl/α,β-unsaturated/α-hetero) is 1. The summed E-state index contributed by atoms with van der Waals surface area (Å²) in [5, 5.41) is 0. The predicted molar refractivity (Wildman–Crippen MR) is 154 cm³/mol. The van der Waals surface area contributed by atoms with Crippen LogP contribution in [-0.2, 0) is 14.3 Å². The average Bonchev–Trinajstić information content (AvgIpc) is 3.59. The van der Waals surface area contributed by atoms with Gasteiger partial charge in [0.25, 0.3) is 0 Å². The molecular weight excluding hydrogens is 444 g/mol. The number of allylic oxidation sites excluding steroid dienone is 2. The van der Waals surface area contributed by atoms with Crippen molar-refractivity contribution in [3.05, 3.63) is 12.2 Å². The minimum Gasteiger partial charge on any atom is -0.378 e. The summed E-state index contributed by atoms with van der Waals surface area (Å²) in [6.07, 6.45) is 32.4. The van der Waals surface area contributed by atoms with Gasteiger partial charge >= 0.3 is 0 Å². The molecule has 0 saturated carbocycles. The monoisotopic (exact) mass is 504 g/mol. The number of ether oxygens (including phenoxy) is 2. The standard InChI is InChI=1S/C33H60O3/c1-3-5-7-9-11-13-14-16-18-24-32(34)33(28-30-22-20-26-35-30,29-31-23-21-27-36-31)25-19-17-15-12-10-8-6-4-2/h6,8,30-31H,3-5,7,9-29H2,1-2H3/b8-6+. The van der Waals surface area contributed by atoms with Crippen molar-refractivity contribution < 1.29 is 14.3 Å². The van der Waals surface area contributed by atoms with Gasteiger partial charge in [0.15, 0.2) is 0 Å². The van der Waals surface area contributed by atoms with Gasteiger partial charge in [0, 0.05) is 25.0 Å². The molecule has 2 heterocycles. The third-order valence-electron chi connectivity index (χ3n) is 8.56. The van der Waals surface area contributed by atoms with Crippen LogP contribution in [0.15, 0.2) is 12.2 Å². The van der Waals surface area contributed by atoms with Crippen LogP contribution in [0, 0.1) is 5.41 Å². The molecule has 0 spiro atoms. The van der Waals surface area contributed by atoms with E-state index in [1.807, 2.05) is 0 Å². The van der Waals surface area contributed by atoms with E-state index in [0.717, 1.165) is 77.4 Å². The maximum absolute atomic E-state index is 14.0. The van der Waals surface area contributed by atoms with Gasteiger partial charge in [0.05, 0.1) is 12.2 Å². The Kier molecular flexibility index (Phi) is 17.8. The zero-order valence-corrected chi connectivity index (χ0v) is 24.2. The van der Waals surface area contributed by atoms with Crippen LogP contribution >= 0.6 is 0 Å².